The van der Waals surface area contributed by atoms with Gasteiger partial charge in [0.1, 0.15) is 5.69 Å². The van der Waals surface area contributed by atoms with Gasteiger partial charge in [0.05, 0.1) is 12.2 Å². The Kier molecular flexibility index (Phi) is 4.30. The Bertz CT molecular complexity index is 624. The molecule has 0 saturated carbocycles. The second-order valence-electron chi connectivity index (χ2n) is 3.74. The predicted molar refractivity (Wildman–Crippen MR) is 72.6 cm³/mol. The first-order chi connectivity index (χ1) is 9.31. The number of hydrogen-bond acceptors (Lipinski definition) is 3. The van der Waals surface area contributed by atoms with Gasteiger partial charge in [0.15, 0.2) is 0 Å². The Labute approximate surface area is 112 Å². The van der Waals surface area contributed by atoms with Gasteiger partial charge in [-0.15, -0.1) is 0 Å². The average molecular weight is 251 g/mol. The smallest absolute Gasteiger partial charge is 0.341 e. The molecule has 1 aromatic carbocycles. The third-order valence-corrected chi connectivity index (χ3v) is 2.40. The number of carbonyl (C=O) groups excluding carboxylic acids is 1. The summed E-state index contributed by atoms with van der Waals surface area (Å²) in [5.74, 6) is 5.49. The van der Waals surface area contributed by atoms with E-state index in [-0.39, 0.29) is 0 Å². The minimum atomic E-state index is -0.395. The van der Waals surface area contributed by atoms with Crippen molar-refractivity contribution in [2.45, 2.75) is 6.92 Å². The number of esters is 1. The molecule has 0 aliphatic carbocycles. The van der Waals surface area contributed by atoms with Crippen molar-refractivity contribution in [2.24, 2.45) is 0 Å². The van der Waals surface area contributed by atoms with E-state index in [0.29, 0.717) is 17.9 Å². The lowest BCUT2D eigenvalue weighted by molar-refractivity contribution is 0.0525. The van der Waals surface area contributed by atoms with Crippen LogP contribution in [0.3, 0.4) is 0 Å². The van der Waals surface area contributed by atoms with Gasteiger partial charge in [-0.2, -0.15) is 0 Å². The Hall–Kier alpha value is -2.60. The van der Waals surface area contributed by atoms with Crippen molar-refractivity contribution in [2.75, 3.05) is 6.61 Å². The molecule has 1 heterocycles. The summed E-state index contributed by atoms with van der Waals surface area (Å²) in [5.41, 5.74) is 1.71. The van der Waals surface area contributed by atoms with Gasteiger partial charge in [0.25, 0.3) is 0 Å². The second-order valence-corrected chi connectivity index (χ2v) is 3.74. The van der Waals surface area contributed by atoms with E-state index in [2.05, 4.69) is 16.8 Å². The molecule has 0 N–H and O–H groups in total. The van der Waals surface area contributed by atoms with Crippen LogP contribution in [0.5, 0.6) is 0 Å². The normalized spacial score (nSPS) is 9.32. The summed E-state index contributed by atoms with van der Waals surface area (Å²) >= 11 is 0. The maximum Gasteiger partial charge on any atom is 0.341 e. The second kappa shape index (κ2) is 6.36. The molecule has 0 amide bonds. The SMILES string of the molecule is CCOC(=O)c1cccnc1C#Cc1ccccc1. The van der Waals surface area contributed by atoms with E-state index >= 15 is 0 Å². The largest absolute Gasteiger partial charge is 0.462 e. The van der Waals surface area contributed by atoms with Crippen LogP contribution >= 0.6 is 0 Å². The molecule has 2 aromatic rings. The van der Waals surface area contributed by atoms with Crippen LogP contribution in [-0.2, 0) is 4.74 Å². The van der Waals surface area contributed by atoms with Gasteiger partial charge in [-0.1, -0.05) is 24.1 Å². The van der Waals surface area contributed by atoms with E-state index in [1.54, 1.807) is 25.3 Å². The first-order valence-corrected chi connectivity index (χ1v) is 6.00. The standard InChI is InChI=1S/C16H13NO2/c1-2-19-16(18)14-9-6-12-17-15(14)11-10-13-7-4-3-5-8-13/h3-9,12H,2H2,1H3. The van der Waals surface area contributed by atoms with Crippen LogP contribution in [-0.4, -0.2) is 17.6 Å². The predicted octanol–water partition coefficient (Wildman–Crippen LogP) is 2.66. The molecular weight excluding hydrogens is 238 g/mol. The highest BCUT2D eigenvalue weighted by atomic mass is 16.5. The summed E-state index contributed by atoms with van der Waals surface area (Å²) in [4.78, 5) is 15.9. The van der Waals surface area contributed by atoms with E-state index < -0.39 is 5.97 Å². The lowest BCUT2D eigenvalue weighted by Gasteiger charge is -2.02. The van der Waals surface area contributed by atoms with E-state index in [9.17, 15) is 4.79 Å². The molecule has 0 atom stereocenters. The molecule has 0 fully saturated rings. The highest BCUT2D eigenvalue weighted by molar-refractivity contribution is 5.91. The molecule has 0 bridgehead atoms. The van der Waals surface area contributed by atoms with Crippen LogP contribution in [0.1, 0.15) is 28.5 Å². The molecule has 1 aromatic heterocycles. The van der Waals surface area contributed by atoms with E-state index in [4.69, 9.17) is 4.74 Å². The highest BCUT2D eigenvalue weighted by Gasteiger charge is 2.11. The maximum atomic E-state index is 11.7. The van der Waals surface area contributed by atoms with Crippen LogP contribution in [0.2, 0.25) is 0 Å². The van der Waals surface area contributed by atoms with Crippen LogP contribution in [0.25, 0.3) is 0 Å². The lowest BCUT2D eigenvalue weighted by atomic mass is 10.1. The van der Waals surface area contributed by atoms with Gasteiger partial charge in [-0.25, -0.2) is 9.78 Å². The fourth-order valence-electron chi connectivity index (χ4n) is 1.53. The molecule has 3 heteroatoms. The van der Waals surface area contributed by atoms with Crippen molar-refractivity contribution in [3.63, 3.8) is 0 Å². The topological polar surface area (TPSA) is 39.2 Å². The van der Waals surface area contributed by atoms with Crippen molar-refractivity contribution in [1.29, 1.82) is 0 Å². The first-order valence-electron chi connectivity index (χ1n) is 6.00. The van der Waals surface area contributed by atoms with Gasteiger partial charge in [0.2, 0.25) is 0 Å². The fourth-order valence-corrected chi connectivity index (χ4v) is 1.53. The minimum Gasteiger partial charge on any atom is -0.462 e. The number of hydrogen-bond donors (Lipinski definition) is 0. The Morgan fingerprint density at radius 2 is 1.95 bits per heavy atom. The maximum absolute atomic E-state index is 11.7. The average Bonchev–Trinajstić information content (AvgIpc) is 2.47. The molecule has 19 heavy (non-hydrogen) atoms. The number of pyridine rings is 1. The van der Waals surface area contributed by atoms with E-state index in [1.807, 2.05) is 30.3 Å². The number of carbonyl (C=O) groups is 1. The zero-order valence-electron chi connectivity index (χ0n) is 10.6. The molecule has 0 unspecified atom stereocenters. The van der Waals surface area contributed by atoms with Crippen molar-refractivity contribution in [1.82, 2.24) is 4.98 Å². The molecule has 3 nitrogen and oxygen atoms in total. The molecule has 0 spiro atoms. The number of ether oxygens (including phenoxy) is 1. The van der Waals surface area contributed by atoms with Crippen LogP contribution in [0.15, 0.2) is 48.7 Å². The number of nitrogens with zero attached hydrogens (tertiary/aromatic N) is 1. The Morgan fingerprint density at radius 1 is 1.16 bits per heavy atom. The van der Waals surface area contributed by atoms with Crippen LogP contribution < -0.4 is 0 Å². The molecular formula is C16H13NO2. The van der Waals surface area contributed by atoms with Gasteiger partial charge in [-0.3, -0.25) is 0 Å². The fraction of sp³-hybridized carbons (Fsp3) is 0.125. The summed E-state index contributed by atoms with van der Waals surface area (Å²) < 4.78 is 4.97. The van der Waals surface area contributed by atoms with E-state index in [1.165, 1.54) is 0 Å². The van der Waals surface area contributed by atoms with Gasteiger partial charge >= 0.3 is 5.97 Å². The molecule has 0 aliphatic rings. The summed E-state index contributed by atoms with van der Waals surface area (Å²) in [6.07, 6.45) is 1.61. The molecule has 94 valence electrons. The third-order valence-electron chi connectivity index (χ3n) is 2.40. The summed E-state index contributed by atoms with van der Waals surface area (Å²) in [7, 11) is 0. The van der Waals surface area contributed by atoms with Gasteiger partial charge in [0, 0.05) is 11.8 Å². The molecule has 0 saturated heterocycles. The number of rotatable bonds is 2. The zero-order chi connectivity index (χ0) is 13.5. The quantitative estimate of drug-likeness (QED) is 0.608. The van der Waals surface area contributed by atoms with Gasteiger partial charge < -0.3 is 4.74 Å². The van der Waals surface area contributed by atoms with E-state index in [0.717, 1.165) is 5.56 Å². The number of aromatic nitrogens is 1. The zero-order valence-corrected chi connectivity index (χ0v) is 10.6. The van der Waals surface area contributed by atoms with Crippen molar-refractivity contribution >= 4 is 5.97 Å². The first kappa shape index (κ1) is 12.8. The molecule has 0 radical (unpaired) electrons. The van der Waals surface area contributed by atoms with Crippen molar-refractivity contribution in [3.8, 4) is 11.8 Å². The van der Waals surface area contributed by atoms with Gasteiger partial charge in [-0.05, 0) is 37.1 Å². The Morgan fingerprint density at radius 3 is 2.68 bits per heavy atom. The summed E-state index contributed by atoms with van der Waals surface area (Å²) in [5, 5.41) is 0. The summed E-state index contributed by atoms with van der Waals surface area (Å²) in [6.45, 7) is 2.10. The molecule has 0 aliphatic heterocycles. The summed E-state index contributed by atoms with van der Waals surface area (Å²) in [6, 6.07) is 12.9. The third kappa shape index (κ3) is 3.43. The monoisotopic (exact) mass is 251 g/mol. The van der Waals surface area contributed by atoms with Crippen molar-refractivity contribution in [3.05, 3.63) is 65.5 Å². The van der Waals surface area contributed by atoms with Crippen molar-refractivity contribution < 1.29 is 9.53 Å². The minimum absolute atomic E-state index is 0.333. The molecule has 2 rings (SSSR count). The lowest BCUT2D eigenvalue weighted by Crippen LogP contribution is -2.07. The highest BCUT2D eigenvalue weighted by Crippen LogP contribution is 2.06. The van der Waals surface area contributed by atoms with Crippen LogP contribution in [0.4, 0.5) is 0 Å². The Balaban J connectivity index is 2.31. The number of benzene rings is 1. The van der Waals surface area contributed by atoms with Crippen LogP contribution in [0, 0.1) is 11.8 Å².